The van der Waals surface area contributed by atoms with Gasteiger partial charge in [-0.2, -0.15) is 17.5 Å². The Kier molecular flexibility index (Phi) is 12.0. The number of hydrogen-bond acceptors (Lipinski definition) is 7. The topological polar surface area (TPSA) is 108 Å². The molecule has 1 unspecified atom stereocenters. The third-order valence-electron chi connectivity index (χ3n) is 9.56. The van der Waals surface area contributed by atoms with Crippen molar-refractivity contribution in [2.24, 2.45) is 5.92 Å². The molecule has 50 heavy (non-hydrogen) atoms. The van der Waals surface area contributed by atoms with Crippen molar-refractivity contribution in [3.63, 3.8) is 0 Å². The summed E-state index contributed by atoms with van der Waals surface area (Å²) in [6.07, 6.45) is 1.87. The molecule has 1 aliphatic carbocycles. The maximum Gasteiger partial charge on any atom is 0.416 e. The molecule has 3 fully saturated rings. The molecule has 0 radical (unpaired) electrons. The van der Waals surface area contributed by atoms with Gasteiger partial charge in [-0.25, -0.2) is 13.2 Å². The first kappa shape index (κ1) is 37.9. The lowest BCUT2D eigenvalue weighted by atomic mass is 9.90. The third kappa shape index (κ3) is 10.1. The van der Waals surface area contributed by atoms with Gasteiger partial charge in [0, 0.05) is 45.3 Å². The van der Waals surface area contributed by atoms with Crippen LogP contribution in [0.3, 0.4) is 0 Å². The van der Waals surface area contributed by atoms with E-state index in [9.17, 15) is 31.2 Å². The molecule has 0 aromatic heterocycles. The van der Waals surface area contributed by atoms with Crippen LogP contribution in [0.15, 0.2) is 53.4 Å². The number of nitrogens with one attached hydrogen (secondary N) is 1. The minimum atomic E-state index is -4.45. The van der Waals surface area contributed by atoms with Crippen molar-refractivity contribution in [3.8, 4) is 5.75 Å². The molecule has 0 bridgehead atoms. The van der Waals surface area contributed by atoms with Crippen LogP contribution in [0.1, 0.15) is 76.8 Å². The summed E-state index contributed by atoms with van der Waals surface area (Å²) in [5.41, 5.74) is -0.774. The van der Waals surface area contributed by atoms with Gasteiger partial charge in [-0.3, -0.25) is 9.69 Å². The van der Waals surface area contributed by atoms with Gasteiger partial charge in [-0.1, -0.05) is 31.4 Å². The maximum absolute atomic E-state index is 14.1. The van der Waals surface area contributed by atoms with E-state index in [1.165, 1.54) is 47.8 Å². The van der Waals surface area contributed by atoms with Crippen LogP contribution in [0.5, 0.6) is 5.75 Å². The monoisotopic (exact) mass is 722 g/mol. The van der Waals surface area contributed by atoms with Gasteiger partial charge in [0.15, 0.2) is 0 Å². The summed E-state index contributed by atoms with van der Waals surface area (Å²) in [5, 5.41) is 2.85. The normalized spacial score (nSPS) is 20.8. The first-order chi connectivity index (χ1) is 23.6. The number of alkyl halides is 3. The minimum Gasteiger partial charge on any atom is -0.493 e. The highest BCUT2D eigenvalue weighted by Gasteiger charge is 2.42. The van der Waals surface area contributed by atoms with Gasteiger partial charge in [0.05, 0.1) is 17.1 Å². The molecule has 5 rings (SSSR count). The number of amides is 2. The van der Waals surface area contributed by atoms with Crippen molar-refractivity contribution < 1.29 is 40.7 Å². The second-order valence-electron chi connectivity index (χ2n) is 14.6. The van der Waals surface area contributed by atoms with E-state index in [1.807, 2.05) is 4.90 Å². The second-order valence-corrected chi connectivity index (χ2v) is 16.5. The Morgan fingerprint density at radius 1 is 0.860 bits per heavy atom. The zero-order valence-corrected chi connectivity index (χ0v) is 29.9. The van der Waals surface area contributed by atoms with Crippen LogP contribution in [0.2, 0.25) is 0 Å². The number of nitrogens with zero attached hydrogens (tertiary/aromatic N) is 3. The Labute approximate surface area is 293 Å². The van der Waals surface area contributed by atoms with Crippen molar-refractivity contribution in [3.05, 3.63) is 59.7 Å². The van der Waals surface area contributed by atoms with E-state index in [-0.39, 0.29) is 43.0 Å². The van der Waals surface area contributed by atoms with E-state index < -0.39 is 39.5 Å². The molecule has 0 spiro atoms. The molecule has 3 aliphatic rings. The number of halogens is 3. The van der Waals surface area contributed by atoms with Gasteiger partial charge in [-0.05, 0) is 94.3 Å². The van der Waals surface area contributed by atoms with Crippen LogP contribution in [-0.4, -0.2) is 91.5 Å². The maximum atomic E-state index is 14.1. The van der Waals surface area contributed by atoms with Crippen molar-refractivity contribution in [2.45, 2.75) is 101 Å². The zero-order valence-electron chi connectivity index (χ0n) is 29.1. The molecule has 2 aliphatic heterocycles. The largest absolute Gasteiger partial charge is 0.493 e. The molecule has 14 heteroatoms. The van der Waals surface area contributed by atoms with Crippen molar-refractivity contribution in [1.29, 1.82) is 0 Å². The summed E-state index contributed by atoms with van der Waals surface area (Å²) in [7, 11) is -4.10. The number of ether oxygens (including phenoxy) is 2. The SMILES string of the molecule is CC(C)(C)OC(=O)NC1CCN(C(=O)C2CN(Cc3ccc(C(F)(F)F)cc3)CCN2S(=O)(=O)c2ccc(OCC3CCCCC3)cc2)CC1. The number of carbonyl (C=O) groups is 2. The number of carbonyl (C=O) groups excluding carboxylic acids is 2. The first-order valence-electron chi connectivity index (χ1n) is 17.5. The van der Waals surface area contributed by atoms with E-state index in [4.69, 9.17) is 9.47 Å². The molecular formula is C36H49F3N4O6S. The molecule has 10 nitrogen and oxygen atoms in total. The predicted octanol–water partition coefficient (Wildman–Crippen LogP) is 6.06. The molecule has 2 aromatic carbocycles. The number of likely N-dealkylation sites (tertiary alicyclic amines) is 1. The number of benzene rings is 2. The fourth-order valence-corrected chi connectivity index (χ4v) is 8.42. The fourth-order valence-electron chi connectivity index (χ4n) is 6.85. The van der Waals surface area contributed by atoms with Crippen LogP contribution in [0.25, 0.3) is 0 Å². The van der Waals surface area contributed by atoms with E-state index in [2.05, 4.69) is 5.32 Å². The molecule has 276 valence electrons. The zero-order chi connectivity index (χ0) is 36.1. The molecule has 1 N–H and O–H groups in total. The number of rotatable bonds is 9. The summed E-state index contributed by atoms with van der Waals surface area (Å²) < 4.78 is 80.2. The van der Waals surface area contributed by atoms with Crippen molar-refractivity contribution in [1.82, 2.24) is 19.4 Å². The Morgan fingerprint density at radius 2 is 1.50 bits per heavy atom. The van der Waals surface area contributed by atoms with E-state index in [1.54, 1.807) is 37.8 Å². The van der Waals surface area contributed by atoms with Crippen molar-refractivity contribution >= 4 is 22.0 Å². The van der Waals surface area contributed by atoms with E-state index >= 15 is 0 Å². The highest BCUT2D eigenvalue weighted by molar-refractivity contribution is 7.89. The lowest BCUT2D eigenvalue weighted by Gasteiger charge is -2.42. The lowest BCUT2D eigenvalue weighted by Crippen LogP contribution is -2.61. The standard InChI is InChI=1S/C36H49F3N4O6S/c1-35(2,3)49-34(45)40-29-17-19-42(20-18-29)33(44)32-24-41(23-26-9-11-28(12-10-26)36(37,38)39)21-22-43(32)50(46,47)31-15-13-30(14-16-31)48-25-27-7-5-4-6-8-27/h9-16,27,29,32H,4-8,17-25H2,1-3H3,(H,40,45). The summed E-state index contributed by atoms with van der Waals surface area (Å²) in [4.78, 5) is 30.0. The number of piperazine rings is 1. The number of piperidine rings is 1. The summed E-state index contributed by atoms with van der Waals surface area (Å²) in [6, 6.07) is 9.92. The van der Waals surface area contributed by atoms with Crippen LogP contribution >= 0.6 is 0 Å². The highest BCUT2D eigenvalue weighted by Crippen LogP contribution is 2.31. The number of sulfonamides is 1. The Morgan fingerprint density at radius 3 is 2.10 bits per heavy atom. The molecule has 2 saturated heterocycles. The van der Waals surface area contributed by atoms with E-state index in [0.29, 0.717) is 49.8 Å². The molecular weight excluding hydrogens is 673 g/mol. The van der Waals surface area contributed by atoms with Crippen molar-refractivity contribution in [2.75, 3.05) is 39.3 Å². The fraction of sp³-hybridized carbons (Fsp3) is 0.611. The average Bonchev–Trinajstić information content (AvgIpc) is 3.07. The van der Waals surface area contributed by atoms with Gasteiger partial charge < -0.3 is 19.7 Å². The quantitative estimate of drug-likeness (QED) is 0.336. The molecule has 2 amide bonds. The van der Waals surface area contributed by atoms with Crippen LogP contribution in [-0.2, 0) is 32.3 Å². The average molecular weight is 723 g/mol. The van der Waals surface area contributed by atoms with Crippen LogP contribution < -0.4 is 10.1 Å². The van der Waals surface area contributed by atoms with Gasteiger partial charge in [0.1, 0.15) is 17.4 Å². The minimum absolute atomic E-state index is 0.0238. The highest BCUT2D eigenvalue weighted by atomic mass is 32.2. The lowest BCUT2D eigenvalue weighted by molar-refractivity contribution is -0.139. The molecule has 2 heterocycles. The third-order valence-corrected chi connectivity index (χ3v) is 11.5. The summed E-state index contributed by atoms with van der Waals surface area (Å²) in [6.45, 7) is 7.18. The summed E-state index contributed by atoms with van der Waals surface area (Å²) >= 11 is 0. The molecule has 2 aromatic rings. The Hall–Kier alpha value is -3.36. The smallest absolute Gasteiger partial charge is 0.416 e. The number of hydrogen-bond donors (Lipinski definition) is 1. The van der Waals surface area contributed by atoms with Gasteiger partial charge in [0.2, 0.25) is 15.9 Å². The van der Waals surface area contributed by atoms with Crippen LogP contribution in [0.4, 0.5) is 18.0 Å². The van der Waals surface area contributed by atoms with Gasteiger partial charge in [-0.15, -0.1) is 0 Å². The number of alkyl carbamates (subject to hydrolysis) is 1. The van der Waals surface area contributed by atoms with Gasteiger partial charge >= 0.3 is 12.3 Å². The molecule has 1 atom stereocenters. The first-order valence-corrected chi connectivity index (χ1v) is 18.9. The van der Waals surface area contributed by atoms with E-state index in [0.717, 1.165) is 25.0 Å². The Balaban J connectivity index is 1.29. The second kappa shape index (κ2) is 15.9. The predicted molar refractivity (Wildman–Crippen MR) is 182 cm³/mol. The van der Waals surface area contributed by atoms with Crippen LogP contribution in [0, 0.1) is 5.92 Å². The Bertz CT molecular complexity index is 1550. The van der Waals surface area contributed by atoms with Gasteiger partial charge in [0.25, 0.3) is 0 Å². The molecule has 1 saturated carbocycles. The summed E-state index contributed by atoms with van der Waals surface area (Å²) in [5.74, 6) is 0.733.